The molecule has 0 saturated carbocycles. The van der Waals surface area contributed by atoms with Crippen LogP contribution in [-0.2, 0) is 9.53 Å². The number of nitrogens with one attached hydrogen (secondary N) is 1. The maximum atomic E-state index is 12.7. The first kappa shape index (κ1) is 15.5. The summed E-state index contributed by atoms with van der Waals surface area (Å²) in [6, 6.07) is 2.06. The molecule has 0 aromatic carbocycles. The number of hydrogen-bond donors (Lipinski definition) is 1. The van der Waals surface area contributed by atoms with E-state index >= 15 is 0 Å². The van der Waals surface area contributed by atoms with E-state index in [-0.39, 0.29) is 24.2 Å². The van der Waals surface area contributed by atoms with Crippen LogP contribution in [-0.4, -0.2) is 36.6 Å². The molecule has 20 heavy (non-hydrogen) atoms. The second-order valence-electron chi connectivity index (χ2n) is 5.54. The Morgan fingerprint density at radius 2 is 2.25 bits per heavy atom. The minimum absolute atomic E-state index is 0.0297. The van der Waals surface area contributed by atoms with Crippen molar-refractivity contribution >= 4 is 17.2 Å². The van der Waals surface area contributed by atoms with E-state index in [2.05, 4.69) is 36.0 Å². The van der Waals surface area contributed by atoms with Crippen LogP contribution in [0.3, 0.4) is 0 Å². The lowest BCUT2D eigenvalue weighted by atomic mass is 9.99. The van der Waals surface area contributed by atoms with E-state index in [0.29, 0.717) is 12.5 Å². The van der Waals surface area contributed by atoms with Gasteiger partial charge in [-0.25, -0.2) is 0 Å². The molecule has 1 aliphatic heterocycles. The molecule has 1 aromatic heterocycles. The molecule has 5 heteroatoms. The molecule has 2 heterocycles. The van der Waals surface area contributed by atoms with Gasteiger partial charge in [-0.2, -0.15) is 11.3 Å². The maximum Gasteiger partial charge on any atom is 0.241 e. The Labute approximate surface area is 125 Å². The van der Waals surface area contributed by atoms with Crippen LogP contribution in [0, 0.1) is 5.92 Å². The van der Waals surface area contributed by atoms with E-state index in [1.165, 1.54) is 0 Å². The predicted molar refractivity (Wildman–Crippen MR) is 81.6 cm³/mol. The zero-order valence-corrected chi connectivity index (χ0v) is 13.4. The summed E-state index contributed by atoms with van der Waals surface area (Å²) >= 11 is 1.66. The smallest absolute Gasteiger partial charge is 0.241 e. The van der Waals surface area contributed by atoms with Gasteiger partial charge in [0.1, 0.15) is 6.17 Å². The average Bonchev–Trinajstić information content (AvgIpc) is 3.05. The third-order valence-corrected chi connectivity index (χ3v) is 4.79. The number of hydrogen-bond acceptors (Lipinski definition) is 4. The van der Waals surface area contributed by atoms with Crippen molar-refractivity contribution in [3.05, 3.63) is 22.4 Å². The Balaban J connectivity index is 2.25. The van der Waals surface area contributed by atoms with Gasteiger partial charge in [0.25, 0.3) is 0 Å². The molecular formula is C15H24N2O2S. The Hall–Kier alpha value is -0.910. The fourth-order valence-corrected chi connectivity index (χ4v) is 3.41. The molecular weight excluding hydrogens is 272 g/mol. The zero-order chi connectivity index (χ0) is 14.7. The summed E-state index contributed by atoms with van der Waals surface area (Å²) in [6.07, 6.45) is 0.963. The highest BCUT2D eigenvalue weighted by molar-refractivity contribution is 7.07. The molecule has 1 N–H and O–H groups in total. The highest BCUT2D eigenvalue weighted by Crippen LogP contribution is 2.31. The lowest BCUT2D eigenvalue weighted by Gasteiger charge is -2.29. The van der Waals surface area contributed by atoms with Crippen molar-refractivity contribution in [1.82, 2.24) is 10.2 Å². The first-order valence-electron chi connectivity index (χ1n) is 7.19. The van der Waals surface area contributed by atoms with Gasteiger partial charge in [-0.1, -0.05) is 20.3 Å². The summed E-state index contributed by atoms with van der Waals surface area (Å²) in [5.41, 5.74) is 1.16. The standard InChI is InChI=1S/C15H24N2O2S/c1-5-10(2)13-15(18)17(11(3)8-19-4)14(16-13)12-6-7-20-9-12/h6-7,9-11,13-14,16H,5,8H2,1-4H3. The van der Waals surface area contributed by atoms with Crippen molar-refractivity contribution in [2.75, 3.05) is 13.7 Å². The summed E-state index contributed by atoms with van der Waals surface area (Å²) in [6.45, 7) is 6.86. The van der Waals surface area contributed by atoms with Crippen molar-refractivity contribution in [2.45, 2.75) is 45.4 Å². The average molecular weight is 296 g/mol. The number of methoxy groups -OCH3 is 1. The van der Waals surface area contributed by atoms with Crippen LogP contribution in [0.2, 0.25) is 0 Å². The van der Waals surface area contributed by atoms with Crippen LogP contribution in [0.4, 0.5) is 0 Å². The van der Waals surface area contributed by atoms with Crippen molar-refractivity contribution in [3.63, 3.8) is 0 Å². The van der Waals surface area contributed by atoms with Gasteiger partial charge in [-0.05, 0) is 35.2 Å². The third-order valence-electron chi connectivity index (χ3n) is 4.09. The number of carbonyl (C=O) groups excluding carboxylic acids is 1. The molecule has 1 saturated heterocycles. The normalized spacial score (nSPS) is 26.0. The molecule has 1 amide bonds. The highest BCUT2D eigenvalue weighted by Gasteiger charge is 2.43. The number of nitrogens with zero attached hydrogens (tertiary/aromatic N) is 1. The molecule has 4 atom stereocenters. The van der Waals surface area contributed by atoms with Gasteiger partial charge in [0.2, 0.25) is 5.91 Å². The summed E-state index contributed by atoms with van der Waals surface area (Å²) < 4.78 is 5.23. The Morgan fingerprint density at radius 1 is 1.50 bits per heavy atom. The Morgan fingerprint density at radius 3 is 2.80 bits per heavy atom. The van der Waals surface area contributed by atoms with E-state index in [0.717, 1.165) is 12.0 Å². The van der Waals surface area contributed by atoms with Crippen LogP contribution >= 0.6 is 11.3 Å². The van der Waals surface area contributed by atoms with Gasteiger partial charge in [0.15, 0.2) is 0 Å². The lowest BCUT2D eigenvalue weighted by molar-refractivity contribution is -0.133. The Kier molecular flexibility index (Phi) is 5.18. The van der Waals surface area contributed by atoms with Crippen LogP contribution in [0.25, 0.3) is 0 Å². The molecule has 4 nitrogen and oxygen atoms in total. The number of thiophene rings is 1. The van der Waals surface area contributed by atoms with Crippen molar-refractivity contribution in [3.8, 4) is 0 Å². The van der Waals surface area contributed by atoms with E-state index in [1.807, 2.05) is 11.8 Å². The van der Waals surface area contributed by atoms with Crippen LogP contribution in [0.5, 0.6) is 0 Å². The number of ether oxygens (including phenoxy) is 1. The van der Waals surface area contributed by atoms with Gasteiger partial charge in [0.05, 0.1) is 18.7 Å². The van der Waals surface area contributed by atoms with Crippen molar-refractivity contribution in [2.24, 2.45) is 5.92 Å². The molecule has 0 aliphatic carbocycles. The largest absolute Gasteiger partial charge is 0.383 e. The second kappa shape index (κ2) is 6.70. The fraction of sp³-hybridized carbons (Fsp3) is 0.667. The molecule has 4 unspecified atom stereocenters. The minimum atomic E-state index is -0.0933. The summed E-state index contributed by atoms with van der Waals surface area (Å²) in [5.74, 6) is 0.531. The molecule has 0 bridgehead atoms. The topological polar surface area (TPSA) is 41.6 Å². The van der Waals surface area contributed by atoms with E-state index in [4.69, 9.17) is 4.74 Å². The van der Waals surface area contributed by atoms with Gasteiger partial charge in [-0.15, -0.1) is 0 Å². The fourth-order valence-electron chi connectivity index (χ4n) is 2.73. The lowest BCUT2D eigenvalue weighted by Crippen LogP contribution is -2.41. The van der Waals surface area contributed by atoms with Crippen LogP contribution in [0.1, 0.15) is 38.9 Å². The third kappa shape index (κ3) is 2.90. The van der Waals surface area contributed by atoms with Gasteiger partial charge in [0, 0.05) is 7.11 Å². The van der Waals surface area contributed by atoms with Gasteiger partial charge < -0.3 is 9.64 Å². The van der Waals surface area contributed by atoms with Crippen LogP contribution < -0.4 is 5.32 Å². The molecule has 0 radical (unpaired) electrons. The zero-order valence-electron chi connectivity index (χ0n) is 12.6. The highest BCUT2D eigenvalue weighted by atomic mass is 32.1. The molecule has 1 fully saturated rings. The van der Waals surface area contributed by atoms with Gasteiger partial charge >= 0.3 is 0 Å². The van der Waals surface area contributed by atoms with E-state index in [9.17, 15) is 4.79 Å². The second-order valence-corrected chi connectivity index (χ2v) is 6.32. The van der Waals surface area contributed by atoms with E-state index in [1.54, 1.807) is 18.4 Å². The molecule has 1 aliphatic rings. The molecule has 2 rings (SSSR count). The summed E-state index contributed by atoms with van der Waals surface area (Å²) in [5, 5.41) is 7.67. The summed E-state index contributed by atoms with van der Waals surface area (Å²) in [4.78, 5) is 14.7. The molecule has 112 valence electrons. The van der Waals surface area contributed by atoms with Crippen LogP contribution in [0.15, 0.2) is 16.8 Å². The predicted octanol–water partition coefficient (Wildman–Crippen LogP) is 2.63. The maximum absolute atomic E-state index is 12.7. The monoisotopic (exact) mass is 296 g/mol. The van der Waals surface area contributed by atoms with Crippen molar-refractivity contribution in [1.29, 1.82) is 0 Å². The molecule has 0 spiro atoms. The molecule has 1 aromatic rings. The van der Waals surface area contributed by atoms with E-state index < -0.39 is 0 Å². The number of rotatable bonds is 6. The van der Waals surface area contributed by atoms with Crippen molar-refractivity contribution < 1.29 is 9.53 Å². The number of carbonyl (C=O) groups is 1. The van der Waals surface area contributed by atoms with Gasteiger partial charge in [-0.3, -0.25) is 10.1 Å². The summed E-state index contributed by atoms with van der Waals surface area (Å²) in [7, 11) is 1.68. The first-order valence-corrected chi connectivity index (χ1v) is 8.13. The minimum Gasteiger partial charge on any atom is -0.383 e. The quantitative estimate of drug-likeness (QED) is 0.877. The number of amides is 1. The Bertz CT molecular complexity index is 435. The SMILES string of the molecule is CCC(C)C1NC(c2ccsc2)N(C(C)COC)C1=O. The first-order chi connectivity index (χ1) is 9.60.